The van der Waals surface area contributed by atoms with Crippen molar-refractivity contribution in [3.8, 4) is 5.75 Å². The highest BCUT2D eigenvalue weighted by molar-refractivity contribution is 5.81. The number of pyridine rings is 1. The highest BCUT2D eigenvalue weighted by Crippen LogP contribution is 2.21. The van der Waals surface area contributed by atoms with Crippen LogP contribution in [0.5, 0.6) is 5.75 Å². The molecule has 0 atom stereocenters. The molecule has 1 heterocycles. The third-order valence-corrected chi connectivity index (χ3v) is 4.82. The molecule has 0 unspecified atom stereocenters. The fourth-order valence-corrected chi connectivity index (χ4v) is 3.26. The maximum absolute atomic E-state index is 13.5. The van der Waals surface area contributed by atoms with Crippen LogP contribution in [0.4, 0.5) is 10.1 Å². The number of nitrogens with one attached hydrogen (secondary N) is 1. The van der Waals surface area contributed by atoms with Crippen LogP contribution >= 0.6 is 0 Å². The lowest BCUT2D eigenvalue weighted by Gasteiger charge is -2.12. The Kier molecular flexibility index (Phi) is 6.41. The number of halogens is 1. The second-order valence-electron chi connectivity index (χ2n) is 7.18. The highest BCUT2D eigenvalue weighted by atomic mass is 19.1. The Morgan fingerprint density at radius 1 is 1.00 bits per heavy atom. The normalized spacial score (nSPS) is 11.0. The molecule has 0 aliphatic carbocycles. The fourth-order valence-electron chi connectivity index (χ4n) is 3.26. The summed E-state index contributed by atoms with van der Waals surface area (Å²) in [7, 11) is 0. The van der Waals surface area contributed by atoms with Gasteiger partial charge in [0.2, 0.25) is 0 Å². The summed E-state index contributed by atoms with van der Waals surface area (Å²) in [5.74, 6) is -0.782. The van der Waals surface area contributed by atoms with Crippen LogP contribution in [-0.2, 0) is 11.3 Å². The number of fused-ring (bicyclic) bond motifs is 1. The van der Waals surface area contributed by atoms with Gasteiger partial charge in [0.05, 0.1) is 11.2 Å². The van der Waals surface area contributed by atoms with Crippen molar-refractivity contribution in [3.63, 3.8) is 0 Å². The molecule has 0 fully saturated rings. The summed E-state index contributed by atoms with van der Waals surface area (Å²) in [6, 6.07) is 23.6. The summed E-state index contributed by atoms with van der Waals surface area (Å²) in [6.07, 6.45) is 3.83. The van der Waals surface area contributed by atoms with Gasteiger partial charge in [0.1, 0.15) is 11.6 Å². The highest BCUT2D eigenvalue weighted by Gasteiger charge is 2.05. The van der Waals surface area contributed by atoms with Crippen molar-refractivity contribution in [1.82, 2.24) is 4.98 Å². The molecule has 0 spiro atoms. The molecule has 0 saturated heterocycles. The first-order valence-electron chi connectivity index (χ1n) is 10.1. The van der Waals surface area contributed by atoms with Crippen molar-refractivity contribution >= 4 is 34.7 Å². The molecule has 32 heavy (non-hydrogen) atoms. The average molecular weight is 428 g/mol. The van der Waals surface area contributed by atoms with Gasteiger partial charge in [0, 0.05) is 29.2 Å². The van der Waals surface area contributed by atoms with Gasteiger partial charge in [-0.2, -0.15) is 0 Å². The van der Waals surface area contributed by atoms with Crippen molar-refractivity contribution in [2.45, 2.75) is 6.54 Å². The largest absolute Gasteiger partial charge is 0.482 e. The first kappa shape index (κ1) is 21.1. The molecule has 0 amide bonds. The topological polar surface area (TPSA) is 71.5 Å². The molecule has 6 heteroatoms. The Bertz CT molecular complexity index is 1290. The number of benzene rings is 3. The summed E-state index contributed by atoms with van der Waals surface area (Å²) in [5, 5.41) is 13.1. The molecule has 3 aromatic carbocycles. The molecular weight excluding hydrogens is 407 g/mol. The summed E-state index contributed by atoms with van der Waals surface area (Å²) in [6.45, 7) is 0.105. The van der Waals surface area contributed by atoms with Gasteiger partial charge in [0.25, 0.3) is 0 Å². The van der Waals surface area contributed by atoms with E-state index < -0.39 is 5.97 Å². The smallest absolute Gasteiger partial charge is 0.341 e. The van der Waals surface area contributed by atoms with Crippen LogP contribution in [0.2, 0.25) is 0 Å². The van der Waals surface area contributed by atoms with Crippen LogP contribution < -0.4 is 10.1 Å². The number of anilines is 1. The Morgan fingerprint density at radius 3 is 2.72 bits per heavy atom. The minimum Gasteiger partial charge on any atom is -0.482 e. The molecule has 4 aromatic rings. The second kappa shape index (κ2) is 9.75. The van der Waals surface area contributed by atoms with Crippen molar-refractivity contribution in [3.05, 3.63) is 102 Å². The van der Waals surface area contributed by atoms with E-state index in [0.717, 1.165) is 27.9 Å². The van der Waals surface area contributed by atoms with Crippen molar-refractivity contribution < 1.29 is 19.0 Å². The number of para-hydroxylation sites is 1. The van der Waals surface area contributed by atoms with Crippen LogP contribution in [0.15, 0.2) is 78.9 Å². The molecule has 0 radical (unpaired) electrons. The summed E-state index contributed by atoms with van der Waals surface area (Å²) in [5.41, 5.74) is 4.11. The number of aromatic nitrogens is 1. The summed E-state index contributed by atoms with van der Waals surface area (Å²) in [4.78, 5) is 15.3. The molecule has 0 bridgehead atoms. The molecule has 2 N–H and O–H groups in total. The Labute approximate surface area is 184 Å². The lowest BCUT2D eigenvalue weighted by Crippen LogP contribution is -2.11. The van der Waals surface area contributed by atoms with Gasteiger partial charge >= 0.3 is 5.97 Å². The quantitative estimate of drug-likeness (QED) is 0.381. The van der Waals surface area contributed by atoms with Gasteiger partial charge in [-0.25, -0.2) is 14.2 Å². The Balaban J connectivity index is 1.45. The number of hydrogen-bond donors (Lipinski definition) is 2. The van der Waals surface area contributed by atoms with E-state index in [9.17, 15) is 9.18 Å². The van der Waals surface area contributed by atoms with Crippen molar-refractivity contribution in [1.29, 1.82) is 0 Å². The first-order chi connectivity index (χ1) is 15.6. The molecule has 0 saturated carbocycles. The zero-order chi connectivity index (χ0) is 22.3. The number of carboxylic acid groups (broad SMARTS) is 1. The second-order valence-corrected chi connectivity index (χ2v) is 7.18. The molecule has 4 rings (SSSR count). The van der Waals surface area contributed by atoms with E-state index in [1.807, 2.05) is 60.7 Å². The van der Waals surface area contributed by atoms with E-state index in [0.29, 0.717) is 17.8 Å². The summed E-state index contributed by atoms with van der Waals surface area (Å²) >= 11 is 0. The zero-order valence-electron chi connectivity index (χ0n) is 17.2. The Hall–Kier alpha value is -4.19. The predicted octanol–water partition coefficient (Wildman–Crippen LogP) is 5.62. The molecule has 1 aromatic heterocycles. The fraction of sp³-hybridized carbons (Fsp3) is 0.0769. The maximum atomic E-state index is 13.5. The number of aliphatic carboxylic acids is 1. The van der Waals surface area contributed by atoms with Crippen molar-refractivity contribution in [2.75, 3.05) is 11.9 Å². The van der Waals surface area contributed by atoms with E-state index in [1.54, 1.807) is 18.2 Å². The van der Waals surface area contributed by atoms with Gasteiger partial charge < -0.3 is 15.2 Å². The number of ether oxygens (including phenoxy) is 1. The monoisotopic (exact) mass is 428 g/mol. The van der Waals surface area contributed by atoms with E-state index in [1.165, 1.54) is 12.1 Å². The molecule has 160 valence electrons. The maximum Gasteiger partial charge on any atom is 0.341 e. The molecule has 0 aliphatic heterocycles. The zero-order valence-corrected chi connectivity index (χ0v) is 17.2. The summed E-state index contributed by atoms with van der Waals surface area (Å²) < 4.78 is 18.8. The van der Waals surface area contributed by atoms with E-state index in [4.69, 9.17) is 9.84 Å². The predicted molar refractivity (Wildman–Crippen MR) is 124 cm³/mol. The van der Waals surface area contributed by atoms with Crippen LogP contribution in [0.1, 0.15) is 16.8 Å². The van der Waals surface area contributed by atoms with Gasteiger partial charge in [0.15, 0.2) is 6.61 Å². The number of rotatable bonds is 8. The van der Waals surface area contributed by atoms with Crippen LogP contribution in [0.25, 0.3) is 23.1 Å². The van der Waals surface area contributed by atoms with Crippen molar-refractivity contribution in [2.24, 2.45) is 0 Å². The first-order valence-corrected chi connectivity index (χ1v) is 10.1. The minimum absolute atomic E-state index is 0.306. The van der Waals surface area contributed by atoms with Gasteiger partial charge in [-0.15, -0.1) is 0 Å². The Morgan fingerprint density at radius 2 is 1.84 bits per heavy atom. The molecular formula is C26H21FN2O3. The number of nitrogens with zero attached hydrogens (tertiary/aromatic N) is 1. The van der Waals surface area contributed by atoms with E-state index in [2.05, 4.69) is 10.3 Å². The van der Waals surface area contributed by atoms with E-state index in [-0.39, 0.29) is 12.4 Å². The van der Waals surface area contributed by atoms with Crippen LogP contribution in [-0.4, -0.2) is 22.7 Å². The van der Waals surface area contributed by atoms with Crippen LogP contribution in [0, 0.1) is 5.82 Å². The third kappa shape index (κ3) is 5.49. The molecule has 0 aliphatic rings. The minimum atomic E-state index is -1.02. The lowest BCUT2D eigenvalue weighted by atomic mass is 10.1. The van der Waals surface area contributed by atoms with Gasteiger partial charge in [-0.05, 0) is 48.0 Å². The van der Waals surface area contributed by atoms with E-state index >= 15 is 0 Å². The number of hydrogen-bond acceptors (Lipinski definition) is 4. The average Bonchev–Trinajstić information content (AvgIpc) is 2.80. The number of carbonyl (C=O) groups is 1. The number of carboxylic acids is 1. The molecule has 5 nitrogen and oxygen atoms in total. The van der Waals surface area contributed by atoms with Gasteiger partial charge in [-0.1, -0.05) is 42.5 Å². The standard InChI is InChI=1S/C26H21FN2O3/c27-21-11-9-19-10-13-22(29-24(19)15-21)12-8-18-4-3-6-23(14-18)28-16-20-5-1-2-7-25(20)32-17-26(30)31/h1-15,28H,16-17H2,(H,30,31). The SMILES string of the molecule is O=C(O)COc1ccccc1CNc1cccc(C=Cc2ccc3ccc(F)cc3n2)c1. The lowest BCUT2D eigenvalue weighted by molar-refractivity contribution is -0.139. The third-order valence-electron chi connectivity index (χ3n) is 4.82. The van der Waals surface area contributed by atoms with Gasteiger partial charge in [-0.3, -0.25) is 0 Å². The van der Waals surface area contributed by atoms with Crippen LogP contribution in [0.3, 0.4) is 0 Å².